The van der Waals surface area contributed by atoms with Crippen LogP contribution < -0.4 is 15.4 Å². The van der Waals surface area contributed by atoms with Crippen molar-refractivity contribution in [3.8, 4) is 17.0 Å². The Labute approximate surface area is 139 Å². The largest absolute Gasteiger partial charge is 0.497 e. The predicted octanol–water partition coefficient (Wildman–Crippen LogP) is 3.46. The predicted molar refractivity (Wildman–Crippen MR) is 90.5 cm³/mol. The van der Waals surface area contributed by atoms with Crippen molar-refractivity contribution in [2.45, 2.75) is 18.9 Å². The molecule has 24 heavy (non-hydrogen) atoms. The lowest BCUT2D eigenvalue weighted by molar-refractivity contribution is 0.415. The van der Waals surface area contributed by atoms with E-state index < -0.39 is 0 Å². The van der Waals surface area contributed by atoms with Crippen molar-refractivity contribution in [1.82, 2.24) is 15.1 Å². The van der Waals surface area contributed by atoms with Crippen LogP contribution in [-0.2, 0) is 0 Å². The number of ether oxygens (including phenoxy) is 1. The zero-order valence-electron chi connectivity index (χ0n) is 13.2. The molecule has 2 heterocycles. The fourth-order valence-electron chi connectivity index (χ4n) is 2.27. The van der Waals surface area contributed by atoms with Gasteiger partial charge in [-0.25, -0.2) is 4.98 Å². The molecule has 0 aliphatic heterocycles. The minimum atomic E-state index is 0.507. The third-order valence-electron chi connectivity index (χ3n) is 3.71. The van der Waals surface area contributed by atoms with Crippen molar-refractivity contribution >= 4 is 17.7 Å². The number of hydrogen-bond acceptors (Lipinski definition) is 7. The molecule has 2 N–H and O–H groups in total. The van der Waals surface area contributed by atoms with Gasteiger partial charge in [0.2, 0.25) is 11.8 Å². The Balaban J connectivity index is 1.48. The molecule has 0 radical (unpaired) electrons. The molecule has 1 aromatic carbocycles. The summed E-state index contributed by atoms with van der Waals surface area (Å²) < 4.78 is 10.5. The van der Waals surface area contributed by atoms with Crippen LogP contribution in [0.15, 0.2) is 47.1 Å². The topological polar surface area (TPSA) is 85.1 Å². The maximum absolute atomic E-state index is 5.34. The van der Waals surface area contributed by atoms with Crippen LogP contribution in [0.3, 0.4) is 0 Å². The molecule has 0 spiro atoms. The number of nitrogens with one attached hydrogen (secondary N) is 2. The number of aromatic nitrogens is 3. The second-order valence-corrected chi connectivity index (χ2v) is 5.61. The molecule has 0 bridgehead atoms. The van der Waals surface area contributed by atoms with Crippen LogP contribution >= 0.6 is 0 Å². The normalized spacial score (nSPS) is 13.5. The SMILES string of the molecule is COc1ccc(-c2cc(Nc3ccnc(NC4CC4)n3)on2)cc1. The highest BCUT2D eigenvalue weighted by Gasteiger charge is 2.21. The van der Waals surface area contributed by atoms with Gasteiger partial charge in [0.25, 0.3) is 0 Å². The molecule has 1 fully saturated rings. The van der Waals surface area contributed by atoms with E-state index in [1.54, 1.807) is 19.4 Å². The minimum Gasteiger partial charge on any atom is -0.497 e. The Morgan fingerprint density at radius 2 is 2.00 bits per heavy atom. The van der Waals surface area contributed by atoms with Gasteiger partial charge >= 0.3 is 0 Å². The first kappa shape index (κ1) is 14.5. The molecular weight excluding hydrogens is 306 g/mol. The van der Waals surface area contributed by atoms with Gasteiger partial charge in [0.05, 0.1) is 7.11 Å². The maximum atomic E-state index is 5.34. The Morgan fingerprint density at radius 3 is 2.75 bits per heavy atom. The van der Waals surface area contributed by atoms with Gasteiger partial charge in [0, 0.05) is 23.9 Å². The lowest BCUT2D eigenvalue weighted by atomic mass is 10.1. The fraction of sp³-hybridized carbons (Fsp3) is 0.235. The average molecular weight is 323 g/mol. The van der Waals surface area contributed by atoms with Gasteiger partial charge in [0.1, 0.15) is 17.3 Å². The van der Waals surface area contributed by atoms with Crippen LogP contribution in [0.25, 0.3) is 11.3 Å². The van der Waals surface area contributed by atoms with E-state index in [9.17, 15) is 0 Å². The van der Waals surface area contributed by atoms with Gasteiger partial charge in [0.15, 0.2) is 0 Å². The van der Waals surface area contributed by atoms with Crippen LogP contribution in [0.1, 0.15) is 12.8 Å². The van der Waals surface area contributed by atoms with Crippen LogP contribution in [0, 0.1) is 0 Å². The van der Waals surface area contributed by atoms with Crippen molar-refractivity contribution < 1.29 is 9.26 Å². The highest BCUT2D eigenvalue weighted by molar-refractivity contribution is 5.64. The summed E-state index contributed by atoms with van der Waals surface area (Å²) >= 11 is 0. The maximum Gasteiger partial charge on any atom is 0.230 e. The van der Waals surface area contributed by atoms with Crippen molar-refractivity contribution in [3.63, 3.8) is 0 Å². The molecule has 1 aliphatic rings. The second kappa shape index (κ2) is 6.19. The van der Waals surface area contributed by atoms with E-state index in [-0.39, 0.29) is 0 Å². The number of hydrogen-bond donors (Lipinski definition) is 2. The molecule has 1 aliphatic carbocycles. The monoisotopic (exact) mass is 323 g/mol. The van der Waals surface area contributed by atoms with Crippen molar-refractivity contribution in [1.29, 1.82) is 0 Å². The Bertz CT molecular complexity index is 827. The summed E-state index contributed by atoms with van der Waals surface area (Å²) in [6.45, 7) is 0. The van der Waals surface area contributed by atoms with Crippen LogP contribution in [0.5, 0.6) is 5.75 Å². The first-order chi connectivity index (χ1) is 11.8. The van der Waals surface area contributed by atoms with Crippen LogP contribution in [-0.4, -0.2) is 28.3 Å². The number of benzene rings is 1. The first-order valence-electron chi connectivity index (χ1n) is 7.78. The van der Waals surface area contributed by atoms with E-state index in [4.69, 9.17) is 9.26 Å². The number of methoxy groups -OCH3 is 1. The molecule has 0 saturated heterocycles. The van der Waals surface area contributed by atoms with E-state index in [1.807, 2.05) is 30.3 Å². The highest BCUT2D eigenvalue weighted by atomic mass is 16.5. The first-order valence-corrected chi connectivity index (χ1v) is 7.78. The van der Waals surface area contributed by atoms with Gasteiger partial charge in [-0.15, -0.1) is 0 Å². The summed E-state index contributed by atoms with van der Waals surface area (Å²) in [6, 6.07) is 11.8. The third-order valence-corrected chi connectivity index (χ3v) is 3.71. The van der Waals surface area contributed by atoms with Crippen LogP contribution in [0.4, 0.5) is 17.7 Å². The number of nitrogens with zero attached hydrogens (tertiary/aromatic N) is 3. The van der Waals surface area contributed by atoms with Gasteiger partial charge in [-0.1, -0.05) is 5.16 Å². The standard InChI is InChI=1S/C17H17N5O2/c1-23-13-6-2-11(3-7-13)14-10-16(24-22-14)20-15-8-9-18-17(21-15)19-12-4-5-12/h2-3,6-10,12H,4-5H2,1H3,(H2,18,19,20,21). The summed E-state index contributed by atoms with van der Waals surface area (Å²) in [6.07, 6.45) is 4.06. The van der Waals surface area contributed by atoms with E-state index in [1.165, 1.54) is 12.8 Å². The molecule has 122 valence electrons. The Morgan fingerprint density at radius 1 is 1.17 bits per heavy atom. The molecule has 3 aromatic rings. The lowest BCUT2D eigenvalue weighted by Gasteiger charge is -2.04. The molecular formula is C17H17N5O2. The Hall–Kier alpha value is -3.09. The van der Waals surface area contributed by atoms with Gasteiger partial charge in [-0.2, -0.15) is 4.98 Å². The third kappa shape index (κ3) is 3.29. The lowest BCUT2D eigenvalue weighted by Crippen LogP contribution is -2.06. The van der Waals surface area contributed by atoms with Crippen molar-refractivity contribution in [3.05, 3.63) is 42.6 Å². The molecule has 0 atom stereocenters. The molecule has 4 rings (SSSR count). The summed E-state index contributed by atoms with van der Waals surface area (Å²) in [5.41, 5.74) is 1.69. The second-order valence-electron chi connectivity index (χ2n) is 5.61. The van der Waals surface area contributed by atoms with Crippen LogP contribution in [0.2, 0.25) is 0 Å². The highest BCUT2D eigenvalue weighted by Crippen LogP contribution is 2.26. The minimum absolute atomic E-state index is 0.507. The molecule has 0 unspecified atom stereocenters. The zero-order chi connectivity index (χ0) is 16.4. The molecule has 0 amide bonds. The Kier molecular flexibility index (Phi) is 3.74. The number of anilines is 3. The molecule has 1 saturated carbocycles. The molecule has 2 aromatic heterocycles. The van der Waals surface area contributed by atoms with Gasteiger partial charge in [-0.05, 0) is 43.2 Å². The van der Waals surface area contributed by atoms with Gasteiger partial charge < -0.3 is 19.9 Å². The molecule has 7 nitrogen and oxygen atoms in total. The van der Waals surface area contributed by atoms with E-state index in [2.05, 4.69) is 25.8 Å². The van der Waals surface area contributed by atoms with E-state index in [0.717, 1.165) is 17.0 Å². The van der Waals surface area contributed by atoms with E-state index in [0.29, 0.717) is 23.7 Å². The molecule has 7 heteroatoms. The van der Waals surface area contributed by atoms with Crippen molar-refractivity contribution in [2.75, 3.05) is 17.7 Å². The average Bonchev–Trinajstić information content (AvgIpc) is 3.31. The fourth-order valence-corrected chi connectivity index (χ4v) is 2.27. The summed E-state index contributed by atoms with van der Waals surface area (Å²) in [5, 5.41) is 10.5. The zero-order valence-corrected chi connectivity index (χ0v) is 13.2. The van der Waals surface area contributed by atoms with Gasteiger partial charge in [-0.3, -0.25) is 0 Å². The summed E-state index contributed by atoms with van der Waals surface area (Å²) in [4.78, 5) is 8.63. The van der Waals surface area contributed by atoms with E-state index >= 15 is 0 Å². The summed E-state index contributed by atoms with van der Waals surface area (Å²) in [7, 11) is 1.64. The number of rotatable bonds is 6. The van der Waals surface area contributed by atoms with Crippen molar-refractivity contribution in [2.24, 2.45) is 0 Å². The quantitative estimate of drug-likeness (QED) is 0.718. The summed E-state index contributed by atoms with van der Waals surface area (Å²) in [5.74, 6) is 2.61. The smallest absolute Gasteiger partial charge is 0.230 e.